The number of hydrogen-bond acceptors (Lipinski definition) is 3. The van der Waals surface area contributed by atoms with E-state index in [1.54, 1.807) is 23.5 Å². The molecule has 2 aliphatic rings. The Labute approximate surface area is 132 Å². The van der Waals surface area contributed by atoms with E-state index in [0.717, 1.165) is 17.7 Å². The lowest BCUT2D eigenvalue weighted by molar-refractivity contribution is -0.122. The molecular weight excluding hydrogens is 299 g/mol. The van der Waals surface area contributed by atoms with Gasteiger partial charge in [-0.15, -0.1) is 11.3 Å². The van der Waals surface area contributed by atoms with Crippen LogP contribution in [0.2, 0.25) is 0 Å². The van der Waals surface area contributed by atoms with E-state index in [1.165, 1.54) is 30.0 Å². The average molecular weight is 316 g/mol. The van der Waals surface area contributed by atoms with E-state index in [0.29, 0.717) is 12.5 Å². The fraction of sp³-hybridized carbons (Fsp3) is 0.412. The fourth-order valence-electron chi connectivity index (χ4n) is 2.79. The zero-order chi connectivity index (χ0) is 15.1. The summed E-state index contributed by atoms with van der Waals surface area (Å²) >= 11 is 1.70. The number of rotatable bonds is 5. The molecule has 0 aliphatic heterocycles. The molecule has 22 heavy (non-hydrogen) atoms. The van der Waals surface area contributed by atoms with Gasteiger partial charge in [0.15, 0.2) is 0 Å². The zero-order valence-electron chi connectivity index (χ0n) is 12.1. The van der Waals surface area contributed by atoms with Gasteiger partial charge in [-0.2, -0.15) is 0 Å². The van der Waals surface area contributed by atoms with Gasteiger partial charge in [0.25, 0.3) is 0 Å². The van der Waals surface area contributed by atoms with E-state index < -0.39 is 0 Å². The molecule has 114 valence electrons. The second kappa shape index (κ2) is 5.47. The molecule has 2 saturated carbocycles. The molecule has 2 aromatic rings. The van der Waals surface area contributed by atoms with Gasteiger partial charge in [-0.3, -0.25) is 4.79 Å². The van der Waals surface area contributed by atoms with Crippen LogP contribution in [0.4, 0.5) is 4.39 Å². The highest BCUT2D eigenvalue weighted by atomic mass is 32.1. The number of halogens is 1. The molecule has 0 spiro atoms. The first kappa shape index (κ1) is 13.9. The number of nitrogens with zero attached hydrogens (tertiary/aromatic N) is 1. The van der Waals surface area contributed by atoms with E-state index in [9.17, 15) is 9.18 Å². The van der Waals surface area contributed by atoms with Crippen LogP contribution in [0.15, 0.2) is 29.6 Å². The van der Waals surface area contributed by atoms with Crippen LogP contribution in [-0.2, 0) is 11.3 Å². The van der Waals surface area contributed by atoms with Crippen molar-refractivity contribution in [3.05, 3.63) is 51.7 Å². The predicted octanol–water partition coefficient (Wildman–Crippen LogP) is 3.58. The second-order valence-corrected chi connectivity index (χ2v) is 7.06. The summed E-state index contributed by atoms with van der Waals surface area (Å²) in [5.74, 6) is 0.765. The molecule has 1 N–H and O–H groups in total. The third-order valence-electron chi connectivity index (χ3n) is 4.37. The molecule has 3 nitrogen and oxygen atoms in total. The Morgan fingerprint density at radius 2 is 2.09 bits per heavy atom. The van der Waals surface area contributed by atoms with Crippen LogP contribution < -0.4 is 5.32 Å². The summed E-state index contributed by atoms with van der Waals surface area (Å²) in [7, 11) is 0. The topological polar surface area (TPSA) is 42.0 Å². The minimum absolute atomic E-state index is 0.0204. The first-order valence-corrected chi connectivity index (χ1v) is 8.56. The maximum Gasteiger partial charge on any atom is 0.224 e. The number of nitrogens with one attached hydrogen (secondary N) is 1. The highest BCUT2D eigenvalue weighted by Gasteiger charge is 2.43. The molecule has 1 aromatic carbocycles. The Morgan fingerprint density at radius 3 is 2.82 bits per heavy atom. The van der Waals surface area contributed by atoms with Crippen LogP contribution in [0.1, 0.15) is 47.4 Å². The third kappa shape index (κ3) is 2.90. The van der Waals surface area contributed by atoms with Gasteiger partial charge in [0, 0.05) is 17.2 Å². The summed E-state index contributed by atoms with van der Waals surface area (Å²) in [5, 5.41) is 6.22. The molecule has 0 radical (unpaired) electrons. The minimum Gasteiger partial charge on any atom is -0.350 e. The molecule has 2 aliphatic carbocycles. The van der Waals surface area contributed by atoms with Gasteiger partial charge in [-0.25, -0.2) is 9.37 Å². The highest BCUT2D eigenvalue weighted by molar-refractivity contribution is 7.09. The number of aromatic nitrogens is 1. The van der Waals surface area contributed by atoms with Crippen molar-refractivity contribution in [3.63, 3.8) is 0 Å². The number of carbonyl (C=O) groups is 1. The standard InChI is InChI=1S/C17H17FN2OS/c18-12-5-3-10(4-6-12)14-7-15(14)16(21)19-8-13-9-22-17(20-13)11-1-2-11/h3-6,9,11,14-15H,1-2,7-8H2,(H,19,21)/t14-,15+/m0/s1. The van der Waals surface area contributed by atoms with E-state index in [1.807, 2.05) is 5.38 Å². The maximum atomic E-state index is 12.9. The zero-order valence-corrected chi connectivity index (χ0v) is 12.9. The molecule has 2 atom stereocenters. The van der Waals surface area contributed by atoms with Crippen LogP contribution in [0.25, 0.3) is 0 Å². The molecule has 1 heterocycles. The van der Waals surface area contributed by atoms with Gasteiger partial charge in [-0.05, 0) is 42.9 Å². The molecule has 5 heteroatoms. The van der Waals surface area contributed by atoms with Crippen LogP contribution in [0, 0.1) is 11.7 Å². The summed E-state index contributed by atoms with van der Waals surface area (Å²) < 4.78 is 12.9. The Hall–Kier alpha value is -1.75. The average Bonchev–Trinajstić information content (AvgIpc) is 3.44. The Kier molecular flexibility index (Phi) is 3.45. The van der Waals surface area contributed by atoms with Gasteiger partial charge in [-0.1, -0.05) is 12.1 Å². The van der Waals surface area contributed by atoms with Crippen molar-refractivity contribution in [1.82, 2.24) is 10.3 Å². The quantitative estimate of drug-likeness (QED) is 0.916. The molecule has 0 bridgehead atoms. The summed E-state index contributed by atoms with van der Waals surface area (Å²) in [6, 6.07) is 6.46. The second-order valence-electron chi connectivity index (χ2n) is 6.17. The Balaban J connectivity index is 1.30. The van der Waals surface area contributed by atoms with Crippen molar-refractivity contribution in [2.75, 3.05) is 0 Å². The predicted molar refractivity (Wildman–Crippen MR) is 83.2 cm³/mol. The van der Waals surface area contributed by atoms with E-state index in [-0.39, 0.29) is 23.6 Å². The highest BCUT2D eigenvalue weighted by Crippen LogP contribution is 2.47. The number of hydrogen-bond donors (Lipinski definition) is 1. The van der Waals surface area contributed by atoms with Crippen LogP contribution in [0.5, 0.6) is 0 Å². The van der Waals surface area contributed by atoms with Crippen molar-refractivity contribution >= 4 is 17.2 Å². The molecular formula is C17H17FN2OS. The largest absolute Gasteiger partial charge is 0.350 e. The van der Waals surface area contributed by atoms with Crippen molar-refractivity contribution in [1.29, 1.82) is 0 Å². The van der Waals surface area contributed by atoms with Crippen LogP contribution in [0.3, 0.4) is 0 Å². The van der Waals surface area contributed by atoms with Gasteiger partial charge < -0.3 is 5.32 Å². The lowest BCUT2D eigenvalue weighted by Gasteiger charge is -2.03. The fourth-order valence-corrected chi connectivity index (χ4v) is 3.78. The van der Waals surface area contributed by atoms with Gasteiger partial charge in [0.05, 0.1) is 17.2 Å². The van der Waals surface area contributed by atoms with Crippen molar-refractivity contribution < 1.29 is 9.18 Å². The van der Waals surface area contributed by atoms with Gasteiger partial charge >= 0.3 is 0 Å². The molecule has 0 unspecified atom stereocenters. The third-order valence-corrected chi connectivity index (χ3v) is 5.42. The molecule has 2 fully saturated rings. The molecule has 1 amide bonds. The van der Waals surface area contributed by atoms with Crippen molar-refractivity contribution in [2.24, 2.45) is 5.92 Å². The van der Waals surface area contributed by atoms with Crippen LogP contribution in [-0.4, -0.2) is 10.9 Å². The van der Waals surface area contributed by atoms with E-state index >= 15 is 0 Å². The number of carbonyl (C=O) groups excluding carboxylic acids is 1. The molecule has 1 aromatic heterocycles. The molecule has 0 saturated heterocycles. The SMILES string of the molecule is O=C(NCc1csc(C2CC2)n1)[C@@H]1C[C@H]1c1ccc(F)cc1. The monoisotopic (exact) mass is 316 g/mol. The summed E-state index contributed by atoms with van der Waals surface area (Å²) in [4.78, 5) is 16.7. The van der Waals surface area contributed by atoms with Crippen molar-refractivity contribution in [3.8, 4) is 0 Å². The number of benzene rings is 1. The van der Waals surface area contributed by atoms with Crippen molar-refractivity contribution in [2.45, 2.75) is 37.6 Å². The Bertz CT molecular complexity index is 693. The lowest BCUT2D eigenvalue weighted by atomic mass is 10.1. The maximum absolute atomic E-state index is 12.9. The number of amides is 1. The number of thiazole rings is 1. The van der Waals surface area contributed by atoms with Gasteiger partial charge in [0.2, 0.25) is 5.91 Å². The van der Waals surface area contributed by atoms with E-state index in [2.05, 4.69) is 10.3 Å². The van der Waals surface area contributed by atoms with Gasteiger partial charge in [0.1, 0.15) is 5.82 Å². The molecule has 4 rings (SSSR count). The lowest BCUT2D eigenvalue weighted by Crippen LogP contribution is -2.25. The normalized spacial score (nSPS) is 23.3. The summed E-state index contributed by atoms with van der Waals surface area (Å²) in [6.45, 7) is 0.509. The smallest absolute Gasteiger partial charge is 0.224 e. The van der Waals surface area contributed by atoms with E-state index in [4.69, 9.17) is 0 Å². The first-order chi connectivity index (χ1) is 10.7. The first-order valence-electron chi connectivity index (χ1n) is 7.68. The minimum atomic E-state index is -0.236. The summed E-state index contributed by atoms with van der Waals surface area (Å²) in [5.41, 5.74) is 2.01. The van der Waals surface area contributed by atoms with Crippen LogP contribution >= 0.6 is 11.3 Å². The Morgan fingerprint density at radius 1 is 1.32 bits per heavy atom. The summed E-state index contributed by atoms with van der Waals surface area (Å²) in [6.07, 6.45) is 3.35.